The lowest BCUT2D eigenvalue weighted by Crippen LogP contribution is -2.16. The van der Waals surface area contributed by atoms with Gasteiger partial charge >= 0.3 is 0 Å². The maximum atomic E-state index is 3.86. The number of nitrogens with zero attached hydrogens (tertiary/aromatic N) is 2. The molecule has 0 spiro atoms. The Hall–Kier alpha value is -0.530. The SMILES string of the molecule is CCCN(C)/C=N\C. The van der Waals surface area contributed by atoms with Gasteiger partial charge in [0.15, 0.2) is 0 Å². The summed E-state index contributed by atoms with van der Waals surface area (Å²) in [6.07, 6.45) is 3.02. The van der Waals surface area contributed by atoms with E-state index in [0.717, 1.165) is 6.54 Å². The minimum Gasteiger partial charge on any atom is -0.366 e. The Bertz CT molecular complexity index is 68.9. The topological polar surface area (TPSA) is 15.6 Å². The first kappa shape index (κ1) is 7.47. The second-order valence-corrected chi connectivity index (χ2v) is 1.85. The largest absolute Gasteiger partial charge is 0.366 e. The van der Waals surface area contributed by atoms with Crippen LogP contribution in [-0.4, -0.2) is 31.9 Å². The van der Waals surface area contributed by atoms with Gasteiger partial charge in [0.05, 0.1) is 6.34 Å². The van der Waals surface area contributed by atoms with Crippen LogP contribution in [0.5, 0.6) is 0 Å². The van der Waals surface area contributed by atoms with Crippen LogP contribution in [0.25, 0.3) is 0 Å². The van der Waals surface area contributed by atoms with Crippen LogP contribution in [0.4, 0.5) is 0 Å². The average molecular weight is 114 g/mol. The molecular formula is C6H14N2. The molecule has 0 aromatic carbocycles. The molecule has 0 saturated heterocycles. The van der Waals surface area contributed by atoms with Crippen LogP contribution in [0.15, 0.2) is 4.99 Å². The average Bonchev–Trinajstić information content (AvgIpc) is 1.68. The van der Waals surface area contributed by atoms with Gasteiger partial charge in [-0.3, -0.25) is 4.99 Å². The second-order valence-electron chi connectivity index (χ2n) is 1.85. The summed E-state index contributed by atoms with van der Waals surface area (Å²) < 4.78 is 0. The maximum absolute atomic E-state index is 3.86. The van der Waals surface area contributed by atoms with Gasteiger partial charge < -0.3 is 4.90 Å². The molecule has 0 aliphatic heterocycles. The molecule has 48 valence electrons. The van der Waals surface area contributed by atoms with Gasteiger partial charge in [0.1, 0.15) is 0 Å². The molecule has 0 atom stereocenters. The number of hydrogen-bond acceptors (Lipinski definition) is 1. The van der Waals surface area contributed by atoms with Gasteiger partial charge in [-0.2, -0.15) is 0 Å². The fourth-order valence-electron chi connectivity index (χ4n) is 0.608. The monoisotopic (exact) mass is 114 g/mol. The summed E-state index contributed by atoms with van der Waals surface area (Å²) in [4.78, 5) is 5.92. The summed E-state index contributed by atoms with van der Waals surface area (Å²) in [5.41, 5.74) is 0. The van der Waals surface area contributed by atoms with Gasteiger partial charge in [-0.25, -0.2) is 0 Å². The number of aliphatic imine (C=N–C) groups is 1. The highest BCUT2D eigenvalue weighted by molar-refractivity contribution is 5.53. The van der Waals surface area contributed by atoms with Crippen molar-refractivity contribution in [1.29, 1.82) is 0 Å². The van der Waals surface area contributed by atoms with Crippen LogP contribution < -0.4 is 0 Å². The Labute approximate surface area is 51.2 Å². The van der Waals surface area contributed by atoms with Crippen LogP contribution in [0, 0.1) is 0 Å². The first-order valence-electron chi connectivity index (χ1n) is 2.93. The maximum Gasteiger partial charge on any atom is 0.0843 e. The fourth-order valence-corrected chi connectivity index (χ4v) is 0.608. The Kier molecular flexibility index (Phi) is 4.32. The van der Waals surface area contributed by atoms with Gasteiger partial charge in [0.25, 0.3) is 0 Å². The molecule has 0 heterocycles. The van der Waals surface area contributed by atoms with Gasteiger partial charge in [-0.1, -0.05) is 6.92 Å². The zero-order chi connectivity index (χ0) is 6.41. The van der Waals surface area contributed by atoms with E-state index in [0.29, 0.717) is 0 Å². The number of rotatable bonds is 3. The van der Waals surface area contributed by atoms with Crippen molar-refractivity contribution >= 4 is 6.34 Å². The third kappa shape index (κ3) is 3.65. The zero-order valence-electron chi connectivity index (χ0n) is 5.89. The summed E-state index contributed by atoms with van der Waals surface area (Å²) >= 11 is 0. The predicted octanol–water partition coefficient (Wildman–Crippen LogP) is 0.986. The van der Waals surface area contributed by atoms with E-state index in [9.17, 15) is 0 Å². The van der Waals surface area contributed by atoms with Crippen molar-refractivity contribution in [1.82, 2.24) is 4.90 Å². The summed E-state index contributed by atoms with van der Waals surface area (Å²) in [6, 6.07) is 0. The van der Waals surface area contributed by atoms with E-state index in [1.165, 1.54) is 6.42 Å². The quantitative estimate of drug-likeness (QED) is 0.394. The lowest BCUT2D eigenvalue weighted by atomic mass is 10.5. The molecule has 0 fully saturated rings. The van der Waals surface area contributed by atoms with E-state index in [-0.39, 0.29) is 0 Å². The minimum absolute atomic E-state index is 1.09. The molecule has 0 rings (SSSR count). The van der Waals surface area contributed by atoms with Gasteiger partial charge in [0, 0.05) is 20.6 Å². The Morgan fingerprint density at radius 1 is 1.62 bits per heavy atom. The molecule has 0 N–H and O–H groups in total. The highest BCUT2D eigenvalue weighted by Crippen LogP contribution is 1.79. The molecule has 0 aromatic heterocycles. The Morgan fingerprint density at radius 3 is 2.62 bits per heavy atom. The Morgan fingerprint density at radius 2 is 2.25 bits per heavy atom. The molecule has 0 saturated carbocycles. The normalized spacial score (nSPS) is 10.4. The van der Waals surface area contributed by atoms with Crippen molar-refractivity contribution in [2.75, 3.05) is 20.6 Å². The highest BCUT2D eigenvalue weighted by Gasteiger charge is 1.83. The molecule has 0 unspecified atom stereocenters. The van der Waals surface area contributed by atoms with Crippen LogP contribution in [0.1, 0.15) is 13.3 Å². The molecule has 0 radical (unpaired) electrons. The molecule has 0 aliphatic rings. The molecule has 0 amide bonds. The van der Waals surface area contributed by atoms with E-state index in [1.807, 2.05) is 13.4 Å². The molecule has 0 aromatic rings. The fraction of sp³-hybridized carbons (Fsp3) is 0.833. The molecular weight excluding hydrogens is 100 g/mol. The molecule has 2 heteroatoms. The third-order valence-electron chi connectivity index (χ3n) is 0.889. The smallest absolute Gasteiger partial charge is 0.0843 e. The first-order chi connectivity index (χ1) is 3.81. The van der Waals surface area contributed by atoms with Crippen LogP contribution in [0.2, 0.25) is 0 Å². The van der Waals surface area contributed by atoms with E-state index >= 15 is 0 Å². The van der Waals surface area contributed by atoms with Crippen LogP contribution >= 0.6 is 0 Å². The van der Waals surface area contributed by atoms with Gasteiger partial charge in [-0.05, 0) is 6.42 Å². The molecule has 0 aliphatic carbocycles. The van der Waals surface area contributed by atoms with Crippen LogP contribution in [-0.2, 0) is 0 Å². The van der Waals surface area contributed by atoms with E-state index < -0.39 is 0 Å². The van der Waals surface area contributed by atoms with Gasteiger partial charge in [-0.15, -0.1) is 0 Å². The molecule has 0 bridgehead atoms. The summed E-state index contributed by atoms with van der Waals surface area (Å²) in [7, 11) is 3.81. The highest BCUT2D eigenvalue weighted by atomic mass is 15.1. The zero-order valence-corrected chi connectivity index (χ0v) is 5.89. The lowest BCUT2D eigenvalue weighted by molar-refractivity contribution is 0.514. The summed E-state index contributed by atoms with van der Waals surface area (Å²) in [5.74, 6) is 0. The third-order valence-corrected chi connectivity index (χ3v) is 0.889. The van der Waals surface area contributed by atoms with Crippen molar-refractivity contribution in [3.63, 3.8) is 0 Å². The van der Waals surface area contributed by atoms with Crippen molar-refractivity contribution in [3.8, 4) is 0 Å². The minimum atomic E-state index is 1.09. The molecule has 8 heavy (non-hydrogen) atoms. The van der Waals surface area contributed by atoms with Crippen molar-refractivity contribution in [2.45, 2.75) is 13.3 Å². The predicted molar refractivity (Wildman–Crippen MR) is 37.3 cm³/mol. The standard InChI is InChI=1S/C6H14N2/c1-4-5-8(3)6-7-2/h6H,4-5H2,1-3H3/b7-6-. The lowest BCUT2D eigenvalue weighted by Gasteiger charge is -2.08. The van der Waals surface area contributed by atoms with Crippen molar-refractivity contribution in [3.05, 3.63) is 0 Å². The first-order valence-corrected chi connectivity index (χ1v) is 2.93. The Balaban J connectivity index is 3.17. The number of hydrogen-bond donors (Lipinski definition) is 0. The van der Waals surface area contributed by atoms with Crippen molar-refractivity contribution < 1.29 is 0 Å². The summed E-state index contributed by atoms with van der Waals surface area (Å²) in [6.45, 7) is 3.25. The van der Waals surface area contributed by atoms with Crippen molar-refractivity contribution in [2.24, 2.45) is 4.99 Å². The van der Waals surface area contributed by atoms with Crippen LogP contribution in [0.3, 0.4) is 0 Å². The van der Waals surface area contributed by atoms with Gasteiger partial charge in [0.2, 0.25) is 0 Å². The molecule has 2 nitrogen and oxygen atoms in total. The second kappa shape index (κ2) is 4.62. The van der Waals surface area contributed by atoms with E-state index in [1.54, 1.807) is 7.05 Å². The summed E-state index contributed by atoms with van der Waals surface area (Å²) in [5, 5.41) is 0. The van der Waals surface area contributed by atoms with E-state index in [2.05, 4.69) is 16.8 Å². The van der Waals surface area contributed by atoms with E-state index in [4.69, 9.17) is 0 Å².